The number of nitrogens with zero attached hydrogens (tertiary/aromatic N) is 2. The molecule has 58 heavy (non-hydrogen) atoms. The molecule has 0 amide bonds. The van der Waals surface area contributed by atoms with E-state index in [4.69, 9.17) is 0 Å². The molecule has 0 N–H and O–H groups in total. The van der Waals surface area contributed by atoms with Crippen LogP contribution in [0.2, 0.25) is 0 Å². The van der Waals surface area contributed by atoms with Crippen molar-refractivity contribution in [2.75, 3.05) is 0 Å². The van der Waals surface area contributed by atoms with Crippen LogP contribution < -0.4 is 0 Å². The second-order valence-electron chi connectivity index (χ2n) is 14.8. The number of allylic oxidation sites excluding steroid dienone is 2. The molecule has 0 saturated heterocycles. The number of hydrogen-bond acceptors (Lipinski definition) is 0. The maximum absolute atomic E-state index is 2.47. The fourth-order valence-corrected chi connectivity index (χ4v) is 9.36. The third-order valence-electron chi connectivity index (χ3n) is 11.8. The van der Waals surface area contributed by atoms with E-state index >= 15 is 0 Å². The zero-order valence-electron chi connectivity index (χ0n) is 34.3. The van der Waals surface area contributed by atoms with E-state index in [9.17, 15) is 0 Å². The van der Waals surface area contributed by atoms with Crippen molar-refractivity contribution in [1.29, 1.82) is 0 Å². The van der Waals surface area contributed by atoms with Crippen molar-refractivity contribution in [2.24, 2.45) is 0 Å². The standard InChI is InChI=1S/C35H25N.C17H13N.2C2H6/c1-22-13-20-34-32(21-22)28-9-4-5-12-33(28)36(34)24-16-14-23(15-17-24)25-18-19-31-27-8-3-2-7-26(27)30-11-6-10-29(25)35(30)31;1-2-7-13(8-3-1)18-16-11-5-4-9-14(16)15-10-6-12-17(15)18;2*1-2/h2-12,14-19,21H,13,20H2,1H3;1-9,11-12H,10H2;2*1-2H3. The zero-order valence-corrected chi connectivity index (χ0v) is 34.3. The molecule has 0 spiro atoms. The van der Waals surface area contributed by atoms with Gasteiger partial charge in [-0.1, -0.05) is 167 Å². The van der Waals surface area contributed by atoms with Crippen molar-refractivity contribution in [3.8, 4) is 44.8 Å². The Hall–Kier alpha value is -6.64. The normalized spacial score (nSPS) is 12.7. The van der Waals surface area contributed by atoms with Gasteiger partial charge in [0.05, 0.1) is 16.7 Å². The van der Waals surface area contributed by atoms with Gasteiger partial charge in [-0.3, -0.25) is 0 Å². The Morgan fingerprint density at radius 2 is 1.02 bits per heavy atom. The van der Waals surface area contributed by atoms with Gasteiger partial charge in [-0.2, -0.15) is 0 Å². The Kier molecular flexibility index (Phi) is 10.0. The fraction of sp³-hybridized carbons (Fsp3) is 0.143. The van der Waals surface area contributed by atoms with Crippen LogP contribution in [0.4, 0.5) is 0 Å². The fourth-order valence-electron chi connectivity index (χ4n) is 9.36. The minimum absolute atomic E-state index is 1.05. The predicted octanol–water partition coefficient (Wildman–Crippen LogP) is 15.7. The molecule has 9 aromatic rings. The van der Waals surface area contributed by atoms with Crippen LogP contribution in [0.15, 0.2) is 169 Å². The van der Waals surface area contributed by atoms with Crippen LogP contribution in [0.5, 0.6) is 0 Å². The van der Waals surface area contributed by atoms with Gasteiger partial charge < -0.3 is 9.13 Å². The zero-order chi connectivity index (χ0) is 39.8. The summed E-state index contributed by atoms with van der Waals surface area (Å²) in [6.45, 7) is 10.3. The van der Waals surface area contributed by atoms with Crippen LogP contribution in [0, 0.1) is 0 Å². The molecular weight excluding hydrogens is 701 g/mol. The number of para-hydroxylation sites is 3. The minimum Gasteiger partial charge on any atom is -0.313 e. The summed E-state index contributed by atoms with van der Waals surface area (Å²) in [5.74, 6) is 0. The van der Waals surface area contributed by atoms with E-state index in [1.807, 2.05) is 27.7 Å². The number of rotatable bonds is 3. The maximum Gasteiger partial charge on any atom is 0.0537 e. The molecule has 12 rings (SSSR count). The summed E-state index contributed by atoms with van der Waals surface area (Å²) < 4.78 is 4.83. The highest BCUT2D eigenvalue weighted by molar-refractivity contribution is 6.18. The Morgan fingerprint density at radius 3 is 1.76 bits per heavy atom. The third-order valence-corrected chi connectivity index (χ3v) is 11.8. The molecule has 0 radical (unpaired) electrons. The lowest BCUT2D eigenvalue weighted by Crippen LogP contribution is -2.04. The van der Waals surface area contributed by atoms with Gasteiger partial charge >= 0.3 is 0 Å². The second kappa shape index (κ2) is 15.7. The lowest BCUT2D eigenvalue weighted by Gasteiger charge is -2.16. The van der Waals surface area contributed by atoms with Gasteiger partial charge in [-0.25, -0.2) is 0 Å². The topological polar surface area (TPSA) is 9.86 Å². The van der Waals surface area contributed by atoms with Crippen LogP contribution in [-0.2, 0) is 12.8 Å². The highest BCUT2D eigenvalue weighted by Gasteiger charge is 2.23. The summed E-state index contributed by atoms with van der Waals surface area (Å²) in [6, 6.07) is 57.4. The van der Waals surface area contributed by atoms with Gasteiger partial charge in [0.1, 0.15) is 0 Å². The highest BCUT2D eigenvalue weighted by atomic mass is 15.0. The number of benzene rings is 7. The van der Waals surface area contributed by atoms with Crippen LogP contribution in [-0.4, -0.2) is 9.13 Å². The lowest BCUT2D eigenvalue weighted by atomic mass is 9.94. The molecule has 2 heteroatoms. The Bertz CT molecular complexity index is 2970. The first-order valence-corrected chi connectivity index (χ1v) is 21.1. The van der Waals surface area contributed by atoms with Gasteiger partial charge in [-0.05, 0) is 118 Å². The first-order chi connectivity index (χ1) is 28.7. The van der Waals surface area contributed by atoms with Crippen molar-refractivity contribution in [3.63, 3.8) is 0 Å². The molecule has 0 aliphatic heterocycles. The molecule has 7 aromatic carbocycles. The van der Waals surface area contributed by atoms with Crippen LogP contribution in [0.25, 0.3) is 89.5 Å². The van der Waals surface area contributed by atoms with E-state index in [-0.39, 0.29) is 0 Å². The first-order valence-electron chi connectivity index (χ1n) is 21.1. The van der Waals surface area contributed by atoms with E-state index in [1.54, 1.807) is 0 Å². The average molecular weight is 751 g/mol. The maximum atomic E-state index is 2.47. The summed E-state index contributed by atoms with van der Waals surface area (Å²) in [5, 5.41) is 5.44. The molecule has 0 atom stereocenters. The molecule has 284 valence electrons. The molecule has 2 nitrogen and oxygen atoms in total. The summed E-state index contributed by atoms with van der Waals surface area (Å²) in [5.41, 5.74) is 20.1. The Labute approximate surface area is 343 Å². The minimum atomic E-state index is 1.05. The van der Waals surface area contributed by atoms with Crippen LogP contribution in [0.1, 0.15) is 63.6 Å². The lowest BCUT2D eigenvalue weighted by molar-refractivity contribution is 0.856. The monoisotopic (exact) mass is 750 g/mol. The van der Waals surface area contributed by atoms with Crippen molar-refractivity contribution in [2.45, 2.75) is 53.9 Å². The largest absolute Gasteiger partial charge is 0.313 e. The molecule has 0 saturated carbocycles. The number of fused-ring (bicyclic) bond motifs is 9. The van der Waals surface area contributed by atoms with Crippen LogP contribution in [0.3, 0.4) is 0 Å². The number of hydrogen-bond donors (Lipinski definition) is 0. The molecule has 3 aliphatic carbocycles. The first kappa shape index (κ1) is 37.0. The van der Waals surface area contributed by atoms with E-state index in [0.29, 0.717) is 0 Å². The SMILES string of the molecule is C1=Cc2c(c3ccccc3n2-c2ccccc2)C1.CC.CC.CC1=Cc2c(n(-c3ccc(-c4ccc5c6c(cccc46)-c4ccccc4-5)cc3)c3ccccc23)CC1. The van der Waals surface area contributed by atoms with Crippen molar-refractivity contribution >= 4 is 44.7 Å². The van der Waals surface area contributed by atoms with Crippen molar-refractivity contribution in [3.05, 3.63) is 192 Å². The third kappa shape index (κ3) is 6.03. The van der Waals surface area contributed by atoms with Crippen molar-refractivity contribution in [1.82, 2.24) is 9.13 Å². The molecule has 2 aromatic heterocycles. The van der Waals surface area contributed by atoms with Gasteiger partial charge in [0.2, 0.25) is 0 Å². The average Bonchev–Trinajstić information content (AvgIpc) is 4.06. The molecule has 0 unspecified atom stereocenters. The van der Waals surface area contributed by atoms with E-state index in [0.717, 1.165) is 19.3 Å². The number of aromatic nitrogens is 2. The van der Waals surface area contributed by atoms with Gasteiger partial charge in [-0.15, -0.1) is 0 Å². The molecule has 3 aliphatic rings. The summed E-state index contributed by atoms with van der Waals surface area (Å²) in [4.78, 5) is 0. The van der Waals surface area contributed by atoms with Crippen molar-refractivity contribution < 1.29 is 0 Å². The molecular formula is C56H50N2. The van der Waals surface area contributed by atoms with Gasteiger partial charge in [0, 0.05) is 33.4 Å². The second-order valence-corrected chi connectivity index (χ2v) is 14.8. The summed E-state index contributed by atoms with van der Waals surface area (Å²) in [7, 11) is 0. The molecule has 2 heterocycles. The summed E-state index contributed by atoms with van der Waals surface area (Å²) >= 11 is 0. The summed E-state index contributed by atoms with van der Waals surface area (Å²) in [6.07, 6.45) is 10.1. The highest BCUT2D eigenvalue weighted by Crippen LogP contribution is 2.49. The predicted molar refractivity (Wildman–Crippen MR) is 251 cm³/mol. The molecule has 0 fully saturated rings. The van der Waals surface area contributed by atoms with E-state index in [1.165, 1.54) is 105 Å². The van der Waals surface area contributed by atoms with Crippen LogP contribution >= 0.6 is 0 Å². The van der Waals surface area contributed by atoms with Gasteiger partial charge in [0.15, 0.2) is 0 Å². The van der Waals surface area contributed by atoms with E-state index in [2.05, 4.69) is 192 Å². The van der Waals surface area contributed by atoms with Gasteiger partial charge in [0.25, 0.3) is 0 Å². The smallest absolute Gasteiger partial charge is 0.0537 e. The Balaban J connectivity index is 0.000000166. The van der Waals surface area contributed by atoms with E-state index < -0.39 is 0 Å². The quantitative estimate of drug-likeness (QED) is 0.170. The molecule has 0 bridgehead atoms. The Morgan fingerprint density at radius 1 is 0.448 bits per heavy atom.